The predicted octanol–water partition coefficient (Wildman–Crippen LogP) is 2.14. The maximum atomic E-state index is 12.6. The van der Waals surface area contributed by atoms with E-state index in [1.54, 1.807) is 6.07 Å². The second kappa shape index (κ2) is 9.93. The Morgan fingerprint density at radius 1 is 1.16 bits per heavy atom. The molecule has 0 bridgehead atoms. The Morgan fingerprint density at radius 3 is 2.55 bits per heavy atom. The van der Waals surface area contributed by atoms with Gasteiger partial charge in [0, 0.05) is 24.8 Å². The molecule has 0 aliphatic heterocycles. The summed E-state index contributed by atoms with van der Waals surface area (Å²) >= 11 is 0. The van der Waals surface area contributed by atoms with Crippen LogP contribution in [0.1, 0.15) is 27.9 Å². The van der Waals surface area contributed by atoms with E-state index in [0.717, 1.165) is 16.8 Å². The van der Waals surface area contributed by atoms with Crippen molar-refractivity contribution in [3.05, 3.63) is 58.7 Å². The topological polar surface area (TPSA) is 144 Å². The number of benzene rings is 1. The molecule has 1 aromatic carbocycles. The van der Waals surface area contributed by atoms with Crippen LogP contribution in [0.3, 0.4) is 0 Å². The van der Waals surface area contributed by atoms with E-state index in [2.05, 4.69) is 15.4 Å². The zero-order valence-electron chi connectivity index (χ0n) is 15.8. The second-order valence-corrected chi connectivity index (χ2v) is 5.98. The van der Waals surface area contributed by atoms with Crippen LogP contribution in [0.2, 0.25) is 0 Å². The number of rotatable bonds is 6. The van der Waals surface area contributed by atoms with E-state index in [1.165, 1.54) is 24.3 Å². The van der Waals surface area contributed by atoms with Gasteiger partial charge in [0.1, 0.15) is 11.2 Å². The van der Waals surface area contributed by atoms with Gasteiger partial charge < -0.3 is 15.4 Å². The minimum atomic E-state index is -4.98. The van der Waals surface area contributed by atoms with Crippen LogP contribution in [-0.4, -0.2) is 29.4 Å². The van der Waals surface area contributed by atoms with E-state index in [0.29, 0.717) is 0 Å². The lowest BCUT2D eigenvalue weighted by Gasteiger charge is -2.14. The van der Waals surface area contributed by atoms with Crippen LogP contribution in [0, 0.1) is 28.1 Å². The number of nitriles is 2. The van der Waals surface area contributed by atoms with E-state index >= 15 is 0 Å². The first-order valence-electron chi connectivity index (χ1n) is 8.64. The number of hydrogen-bond acceptors (Lipinski definition) is 6. The van der Waals surface area contributed by atoms with Crippen molar-refractivity contribution in [1.29, 1.82) is 15.9 Å². The van der Waals surface area contributed by atoms with Crippen molar-refractivity contribution in [2.75, 3.05) is 6.54 Å². The summed E-state index contributed by atoms with van der Waals surface area (Å²) < 4.78 is 42.6. The van der Waals surface area contributed by atoms with Crippen molar-refractivity contribution in [3.8, 4) is 17.9 Å². The molecule has 0 fully saturated rings. The molecule has 0 saturated carbocycles. The Hall–Kier alpha value is -4.32. The van der Waals surface area contributed by atoms with Crippen molar-refractivity contribution < 1.29 is 27.5 Å². The van der Waals surface area contributed by atoms with E-state index in [-0.39, 0.29) is 41.7 Å². The molecule has 2 rings (SSSR count). The molecule has 0 aliphatic rings. The van der Waals surface area contributed by atoms with Gasteiger partial charge in [-0.05, 0) is 24.3 Å². The monoisotopic (exact) mass is 432 g/mol. The summed E-state index contributed by atoms with van der Waals surface area (Å²) in [6.45, 7) is -0.300. The van der Waals surface area contributed by atoms with Crippen molar-refractivity contribution in [2.45, 2.75) is 19.3 Å². The van der Waals surface area contributed by atoms with Gasteiger partial charge in [-0.25, -0.2) is 4.79 Å². The van der Waals surface area contributed by atoms with Gasteiger partial charge in [-0.1, -0.05) is 6.07 Å². The quantitative estimate of drug-likeness (QED) is 0.599. The SMILES string of the molecule is N#CCCNC(=O)n1cc(C(=O)NCc2ccc(C#N)cc2OC(F)(F)F)ccc1=N. The third kappa shape index (κ3) is 6.61. The Labute approximate surface area is 173 Å². The number of aromatic nitrogens is 1. The minimum absolute atomic E-state index is 0.0242. The molecular weight excluding hydrogens is 417 g/mol. The molecule has 3 N–H and O–H groups in total. The van der Waals surface area contributed by atoms with Crippen LogP contribution in [0.25, 0.3) is 0 Å². The second-order valence-electron chi connectivity index (χ2n) is 5.98. The molecule has 0 spiro atoms. The van der Waals surface area contributed by atoms with Gasteiger partial charge >= 0.3 is 12.4 Å². The highest BCUT2D eigenvalue weighted by molar-refractivity contribution is 5.94. The molecule has 2 amide bonds. The molecule has 1 heterocycles. The van der Waals surface area contributed by atoms with E-state index in [1.807, 2.05) is 6.07 Å². The summed E-state index contributed by atoms with van der Waals surface area (Å²) in [6.07, 6.45) is -3.83. The standard InChI is InChI=1S/C19H15F3N6O3/c20-19(21,22)31-15-8-12(9-24)2-3-13(15)10-27-17(29)14-4-5-16(25)28(11-14)18(30)26-7-1-6-23/h2-5,8,11,25H,1,7,10H2,(H,26,30)(H,27,29). The number of ether oxygens (including phenoxy) is 1. The van der Waals surface area contributed by atoms with Crippen LogP contribution in [-0.2, 0) is 6.54 Å². The summed E-state index contributed by atoms with van der Waals surface area (Å²) in [6, 6.07) is 8.68. The van der Waals surface area contributed by atoms with Gasteiger partial charge in [0.15, 0.2) is 0 Å². The highest BCUT2D eigenvalue weighted by atomic mass is 19.4. The Morgan fingerprint density at radius 2 is 1.90 bits per heavy atom. The molecule has 160 valence electrons. The predicted molar refractivity (Wildman–Crippen MR) is 98.3 cm³/mol. The first kappa shape index (κ1) is 23.0. The molecule has 0 aliphatic carbocycles. The first-order chi connectivity index (χ1) is 14.6. The summed E-state index contributed by atoms with van der Waals surface area (Å²) in [5.74, 6) is -1.35. The smallest absolute Gasteiger partial charge is 0.405 e. The minimum Gasteiger partial charge on any atom is -0.405 e. The lowest BCUT2D eigenvalue weighted by Crippen LogP contribution is -2.37. The highest BCUT2D eigenvalue weighted by Crippen LogP contribution is 2.27. The van der Waals surface area contributed by atoms with Crippen molar-refractivity contribution in [1.82, 2.24) is 15.2 Å². The lowest BCUT2D eigenvalue weighted by atomic mass is 10.1. The Bertz CT molecular complexity index is 1130. The van der Waals surface area contributed by atoms with Gasteiger partial charge in [0.25, 0.3) is 5.91 Å². The molecule has 0 unspecified atom stereocenters. The lowest BCUT2D eigenvalue weighted by molar-refractivity contribution is -0.274. The van der Waals surface area contributed by atoms with E-state index in [9.17, 15) is 22.8 Å². The highest BCUT2D eigenvalue weighted by Gasteiger charge is 2.32. The summed E-state index contributed by atoms with van der Waals surface area (Å²) in [5, 5.41) is 29.9. The third-order valence-corrected chi connectivity index (χ3v) is 3.80. The zero-order chi connectivity index (χ0) is 23.0. The van der Waals surface area contributed by atoms with E-state index < -0.39 is 24.1 Å². The van der Waals surface area contributed by atoms with E-state index in [4.69, 9.17) is 15.9 Å². The van der Waals surface area contributed by atoms with Crippen LogP contribution in [0.4, 0.5) is 18.0 Å². The maximum Gasteiger partial charge on any atom is 0.573 e. The van der Waals surface area contributed by atoms with Gasteiger partial charge in [-0.2, -0.15) is 10.5 Å². The van der Waals surface area contributed by atoms with Crippen LogP contribution >= 0.6 is 0 Å². The number of nitrogens with one attached hydrogen (secondary N) is 3. The van der Waals surface area contributed by atoms with Crippen LogP contribution < -0.4 is 20.9 Å². The third-order valence-electron chi connectivity index (χ3n) is 3.80. The van der Waals surface area contributed by atoms with Gasteiger partial charge in [-0.3, -0.25) is 14.8 Å². The van der Waals surface area contributed by atoms with Crippen LogP contribution in [0.15, 0.2) is 36.5 Å². The number of carbonyl (C=O) groups excluding carboxylic acids is 2. The van der Waals surface area contributed by atoms with Gasteiger partial charge in [0.2, 0.25) is 0 Å². The average Bonchev–Trinajstić information content (AvgIpc) is 2.71. The molecular formula is C19H15F3N6O3. The molecule has 0 atom stereocenters. The Balaban J connectivity index is 2.17. The number of carbonyl (C=O) groups is 2. The van der Waals surface area contributed by atoms with Crippen molar-refractivity contribution in [2.24, 2.45) is 0 Å². The maximum absolute atomic E-state index is 12.6. The zero-order valence-corrected chi connectivity index (χ0v) is 15.8. The average molecular weight is 432 g/mol. The van der Waals surface area contributed by atoms with Crippen molar-refractivity contribution in [3.63, 3.8) is 0 Å². The van der Waals surface area contributed by atoms with Crippen LogP contribution in [0.5, 0.6) is 5.75 Å². The number of pyridine rings is 1. The normalized spacial score (nSPS) is 10.5. The molecule has 31 heavy (non-hydrogen) atoms. The first-order valence-corrected chi connectivity index (χ1v) is 8.64. The number of nitrogens with zero attached hydrogens (tertiary/aromatic N) is 3. The fourth-order valence-corrected chi connectivity index (χ4v) is 2.38. The molecule has 1 aromatic heterocycles. The Kier molecular flexibility index (Phi) is 7.36. The molecule has 0 radical (unpaired) electrons. The summed E-state index contributed by atoms with van der Waals surface area (Å²) in [4.78, 5) is 24.5. The van der Waals surface area contributed by atoms with Gasteiger partial charge in [-0.15, -0.1) is 13.2 Å². The fraction of sp³-hybridized carbons (Fsp3) is 0.211. The largest absolute Gasteiger partial charge is 0.573 e. The van der Waals surface area contributed by atoms with Gasteiger partial charge in [0.05, 0.1) is 29.7 Å². The molecule has 12 heteroatoms. The number of hydrogen-bond donors (Lipinski definition) is 3. The number of halogens is 3. The van der Waals surface area contributed by atoms with Crippen molar-refractivity contribution >= 4 is 11.9 Å². The summed E-state index contributed by atoms with van der Waals surface area (Å²) in [5.41, 5.74) is -0.329. The number of amides is 2. The summed E-state index contributed by atoms with van der Waals surface area (Å²) in [7, 11) is 0. The number of alkyl halides is 3. The molecule has 0 saturated heterocycles. The molecule has 2 aromatic rings. The fourth-order valence-electron chi connectivity index (χ4n) is 2.38. The molecule has 9 nitrogen and oxygen atoms in total.